The summed E-state index contributed by atoms with van der Waals surface area (Å²) in [4.78, 5) is 21.3. The number of carbonyl (C=O) groups is 2. The summed E-state index contributed by atoms with van der Waals surface area (Å²) < 4.78 is 10.1. The fraction of sp³-hybridized carbons (Fsp3) is 0.800. The van der Waals surface area contributed by atoms with Gasteiger partial charge in [-0.15, -0.1) is 0 Å². The molecule has 1 heterocycles. The Balaban J connectivity index is 2.32. The van der Waals surface area contributed by atoms with Crippen LogP contribution in [0.4, 0.5) is 0 Å². The molecule has 4 nitrogen and oxygen atoms in total. The SMILES string of the molecule is COC(=O)C[C@H]1CCC[C@@H](CC=O)O1. The predicted molar refractivity (Wildman–Crippen MR) is 49.8 cm³/mol. The first-order chi connectivity index (χ1) is 6.76. The second kappa shape index (κ2) is 5.75. The number of hydrogen-bond donors (Lipinski definition) is 0. The molecule has 80 valence electrons. The van der Waals surface area contributed by atoms with Crippen molar-refractivity contribution in [3.63, 3.8) is 0 Å². The summed E-state index contributed by atoms with van der Waals surface area (Å²) in [6.45, 7) is 0. The van der Waals surface area contributed by atoms with Crippen molar-refractivity contribution in [2.24, 2.45) is 0 Å². The fourth-order valence-corrected chi connectivity index (χ4v) is 1.68. The van der Waals surface area contributed by atoms with E-state index in [9.17, 15) is 9.59 Å². The highest BCUT2D eigenvalue weighted by Crippen LogP contribution is 2.22. The lowest BCUT2D eigenvalue weighted by Crippen LogP contribution is -2.30. The molecule has 1 aliphatic rings. The molecule has 0 aromatic rings. The van der Waals surface area contributed by atoms with Crippen molar-refractivity contribution in [2.45, 2.75) is 44.3 Å². The van der Waals surface area contributed by atoms with Gasteiger partial charge in [0, 0.05) is 6.42 Å². The fourth-order valence-electron chi connectivity index (χ4n) is 1.68. The van der Waals surface area contributed by atoms with Crippen LogP contribution in [0.5, 0.6) is 0 Å². The van der Waals surface area contributed by atoms with Gasteiger partial charge >= 0.3 is 5.97 Å². The lowest BCUT2D eigenvalue weighted by molar-refractivity contribution is -0.147. The average Bonchev–Trinajstić information content (AvgIpc) is 2.19. The van der Waals surface area contributed by atoms with E-state index < -0.39 is 0 Å². The third kappa shape index (κ3) is 3.46. The molecule has 0 N–H and O–H groups in total. The first kappa shape index (κ1) is 11.2. The molecule has 0 spiro atoms. The Labute approximate surface area is 83.6 Å². The Hall–Kier alpha value is -0.900. The molecule has 1 rings (SSSR count). The van der Waals surface area contributed by atoms with Gasteiger partial charge in [0.2, 0.25) is 0 Å². The van der Waals surface area contributed by atoms with Crippen molar-refractivity contribution in [3.05, 3.63) is 0 Å². The lowest BCUT2D eigenvalue weighted by Gasteiger charge is -2.28. The van der Waals surface area contributed by atoms with Gasteiger partial charge in [-0.05, 0) is 19.3 Å². The molecular formula is C10H16O4. The molecule has 14 heavy (non-hydrogen) atoms. The first-order valence-electron chi connectivity index (χ1n) is 4.92. The van der Waals surface area contributed by atoms with E-state index in [2.05, 4.69) is 4.74 Å². The van der Waals surface area contributed by atoms with Gasteiger partial charge in [0.1, 0.15) is 6.29 Å². The van der Waals surface area contributed by atoms with Gasteiger partial charge < -0.3 is 14.3 Å². The zero-order valence-electron chi connectivity index (χ0n) is 8.40. The normalized spacial score (nSPS) is 26.9. The molecule has 0 aromatic carbocycles. The Bertz CT molecular complexity index is 202. The van der Waals surface area contributed by atoms with E-state index in [4.69, 9.17) is 4.74 Å². The highest BCUT2D eigenvalue weighted by atomic mass is 16.5. The topological polar surface area (TPSA) is 52.6 Å². The molecule has 0 unspecified atom stereocenters. The number of aldehydes is 1. The number of esters is 1. The Morgan fingerprint density at radius 1 is 1.50 bits per heavy atom. The summed E-state index contributed by atoms with van der Waals surface area (Å²) >= 11 is 0. The van der Waals surface area contributed by atoms with Crippen molar-refractivity contribution in [3.8, 4) is 0 Å². The molecule has 0 aliphatic carbocycles. The summed E-state index contributed by atoms with van der Waals surface area (Å²) in [5.41, 5.74) is 0. The molecule has 0 radical (unpaired) electrons. The molecule has 0 aromatic heterocycles. The summed E-state index contributed by atoms with van der Waals surface area (Å²) in [5, 5.41) is 0. The maximum absolute atomic E-state index is 11.0. The summed E-state index contributed by atoms with van der Waals surface area (Å²) in [6, 6.07) is 0. The summed E-state index contributed by atoms with van der Waals surface area (Å²) in [5.74, 6) is -0.248. The number of rotatable bonds is 4. The van der Waals surface area contributed by atoms with Gasteiger partial charge in [-0.1, -0.05) is 0 Å². The largest absolute Gasteiger partial charge is 0.469 e. The molecular weight excluding hydrogens is 184 g/mol. The standard InChI is InChI=1S/C10H16O4/c1-13-10(12)7-9-4-2-3-8(14-9)5-6-11/h6,8-9H,2-5,7H2,1H3/t8-,9+/m0/s1. The third-order valence-electron chi connectivity index (χ3n) is 2.42. The van der Waals surface area contributed by atoms with Crippen LogP contribution in [0.25, 0.3) is 0 Å². The van der Waals surface area contributed by atoms with E-state index in [0.29, 0.717) is 12.8 Å². The van der Waals surface area contributed by atoms with E-state index in [1.165, 1.54) is 7.11 Å². The first-order valence-corrected chi connectivity index (χ1v) is 4.92. The van der Waals surface area contributed by atoms with Crippen LogP contribution >= 0.6 is 0 Å². The molecule has 2 atom stereocenters. The second-order valence-electron chi connectivity index (χ2n) is 3.49. The van der Waals surface area contributed by atoms with E-state index in [1.807, 2.05) is 0 Å². The minimum absolute atomic E-state index is 0.00379. The Morgan fingerprint density at radius 3 is 2.86 bits per heavy atom. The summed E-state index contributed by atoms with van der Waals surface area (Å²) in [6.07, 6.45) is 4.33. The van der Waals surface area contributed by atoms with Crippen LogP contribution in [0.2, 0.25) is 0 Å². The van der Waals surface area contributed by atoms with E-state index in [1.54, 1.807) is 0 Å². The third-order valence-corrected chi connectivity index (χ3v) is 2.42. The Morgan fingerprint density at radius 2 is 2.21 bits per heavy atom. The van der Waals surface area contributed by atoms with Gasteiger partial charge in [-0.3, -0.25) is 4.79 Å². The van der Waals surface area contributed by atoms with E-state index in [0.717, 1.165) is 25.5 Å². The highest BCUT2D eigenvalue weighted by Gasteiger charge is 2.24. The number of carbonyl (C=O) groups excluding carboxylic acids is 2. The van der Waals surface area contributed by atoms with Crippen LogP contribution in [0, 0.1) is 0 Å². The van der Waals surface area contributed by atoms with Gasteiger partial charge in [0.05, 0.1) is 25.7 Å². The van der Waals surface area contributed by atoms with E-state index in [-0.39, 0.29) is 18.2 Å². The minimum atomic E-state index is -0.248. The van der Waals surface area contributed by atoms with Crippen LogP contribution in [0.15, 0.2) is 0 Å². The second-order valence-corrected chi connectivity index (χ2v) is 3.49. The Kier molecular flexibility index (Phi) is 4.59. The van der Waals surface area contributed by atoms with Gasteiger partial charge in [-0.2, -0.15) is 0 Å². The molecule has 4 heteroatoms. The maximum atomic E-state index is 11.0. The number of hydrogen-bond acceptors (Lipinski definition) is 4. The quantitative estimate of drug-likeness (QED) is 0.503. The minimum Gasteiger partial charge on any atom is -0.469 e. The van der Waals surface area contributed by atoms with Crippen molar-refractivity contribution in [1.82, 2.24) is 0 Å². The molecule has 1 fully saturated rings. The highest BCUT2D eigenvalue weighted by molar-refractivity contribution is 5.69. The number of methoxy groups -OCH3 is 1. The predicted octanol–water partition coefficient (Wildman–Crippen LogP) is 1.08. The average molecular weight is 200 g/mol. The van der Waals surface area contributed by atoms with Crippen LogP contribution in [-0.2, 0) is 19.1 Å². The van der Waals surface area contributed by atoms with Crippen molar-refractivity contribution < 1.29 is 19.1 Å². The van der Waals surface area contributed by atoms with Gasteiger partial charge in [0.25, 0.3) is 0 Å². The molecule has 1 aliphatic heterocycles. The monoisotopic (exact) mass is 200 g/mol. The maximum Gasteiger partial charge on any atom is 0.308 e. The van der Waals surface area contributed by atoms with Crippen molar-refractivity contribution in [1.29, 1.82) is 0 Å². The van der Waals surface area contributed by atoms with Crippen LogP contribution < -0.4 is 0 Å². The van der Waals surface area contributed by atoms with Crippen molar-refractivity contribution >= 4 is 12.3 Å². The van der Waals surface area contributed by atoms with Gasteiger partial charge in [0.15, 0.2) is 0 Å². The smallest absolute Gasteiger partial charge is 0.308 e. The number of ether oxygens (including phenoxy) is 2. The van der Waals surface area contributed by atoms with Crippen molar-refractivity contribution in [2.75, 3.05) is 7.11 Å². The van der Waals surface area contributed by atoms with Crippen LogP contribution in [0.3, 0.4) is 0 Å². The zero-order valence-corrected chi connectivity index (χ0v) is 8.40. The molecule has 0 bridgehead atoms. The molecule has 0 saturated carbocycles. The molecule has 1 saturated heterocycles. The van der Waals surface area contributed by atoms with E-state index >= 15 is 0 Å². The lowest BCUT2D eigenvalue weighted by atomic mass is 10.0. The van der Waals surface area contributed by atoms with Crippen LogP contribution in [0.1, 0.15) is 32.1 Å². The molecule has 0 amide bonds. The zero-order chi connectivity index (χ0) is 10.4. The van der Waals surface area contributed by atoms with Crippen LogP contribution in [-0.4, -0.2) is 31.6 Å². The summed E-state index contributed by atoms with van der Waals surface area (Å²) in [7, 11) is 1.37. The van der Waals surface area contributed by atoms with Gasteiger partial charge in [-0.25, -0.2) is 0 Å².